The minimum Gasteiger partial charge on any atom is -0.345 e. The Kier molecular flexibility index (Phi) is 5.49. The maximum atomic E-state index is 13.5. The molecule has 0 atom stereocenters. The van der Waals surface area contributed by atoms with Crippen LogP contribution < -0.4 is 10.6 Å². The average Bonchev–Trinajstić information content (AvgIpc) is 2.38. The van der Waals surface area contributed by atoms with Crippen LogP contribution in [0.5, 0.6) is 0 Å². The molecule has 1 amide bonds. The lowest BCUT2D eigenvalue weighted by atomic mass is 10.1. The third kappa shape index (κ3) is 4.05. The van der Waals surface area contributed by atoms with Gasteiger partial charge in [0.25, 0.3) is 0 Å². The van der Waals surface area contributed by atoms with Crippen LogP contribution >= 0.6 is 0 Å². The molecule has 2 N–H and O–H groups in total. The quantitative estimate of drug-likeness (QED) is 0.626. The number of carbonyl (C=O) groups is 1. The molecule has 0 bridgehead atoms. The Morgan fingerprint density at radius 1 is 1.04 bits per heavy atom. The van der Waals surface area contributed by atoms with Crippen molar-refractivity contribution < 1.29 is 35.5 Å². The molecule has 0 unspecified atom stereocenters. The van der Waals surface area contributed by atoms with Crippen molar-refractivity contribution in [3.63, 3.8) is 0 Å². The predicted molar refractivity (Wildman–Crippen MR) is 67.9 cm³/mol. The largest absolute Gasteiger partial charge is 0.439 e. The molecule has 0 aliphatic rings. The van der Waals surface area contributed by atoms with Crippen molar-refractivity contribution in [3.8, 4) is 0 Å². The molecule has 3 nitrogen and oxygen atoms in total. The van der Waals surface area contributed by atoms with Crippen LogP contribution in [-0.4, -0.2) is 23.9 Å². The molecular weight excluding hydrogens is 333 g/mol. The number of nitrogens with one attached hydrogen (secondary N) is 2. The van der Waals surface area contributed by atoms with Crippen LogP contribution in [0.2, 0.25) is 0 Å². The van der Waals surface area contributed by atoms with E-state index in [9.17, 15) is 35.5 Å². The molecule has 0 aromatic heterocycles. The second-order valence-corrected chi connectivity index (χ2v) is 4.65. The summed E-state index contributed by atoms with van der Waals surface area (Å²) in [7, 11) is 0. The van der Waals surface area contributed by atoms with Crippen molar-refractivity contribution in [3.05, 3.63) is 30.1 Å². The lowest BCUT2D eigenvalue weighted by molar-refractivity contribution is -0.296. The normalized spacial score (nSPS) is 12.9. The number of alkyl halides is 6. The number of para-hydroxylation sites is 1. The van der Waals surface area contributed by atoms with Gasteiger partial charge in [0, 0.05) is 6.42 Å². The van der Waals surface area contributed by atoms with Crippen LogP contribution in [0.4, 0.5) is 36.4 Å². The van der Waals surface area contributed by atoms with Crippen molar-refractivity contribution in [2.24, 2.45) is 0 Å². The first kappa shape index (κ1) is 19.0. The Morgan fingerprint density at radius 3 is 2.00 bits per heavy atom. The van der Waals surface area contributed by atoms with Crippen molar-refractivity contribution in [2.75, 3.05) is 5.32 Å². The fourth-order valence-corrected chi connectivity index (χ4v) is 1.74. The number of carbonyl (C=O) groups excluding carboxylic acids is 1. The molecular formula is C13H13F7N2O. The molecule has 0 fully saturated rings. The van der Waals surface area contributed by atoms with Gasteiger partial charge in [-0.1, -0.05) is 19.1 Å². The van der Waals surface area contributed by atoms with Gasteiger partial charge in [-0.05, 0) is 18.6 Å². The number of amides is 1. The third-order valence-electron chi connectivity index (χ3n) is 2.85. The Balaban J connectivity index is 3.39. The van der Waals surface area contributed by atoms with E-state index in [1.54, 1.807) is 0 Å². The summed E-state index contributed by atoms with van der Waals surface area (Å²) in [6, 6.07) is 3.54. The van der Waals surface area contributed by atoms with E-state index in [0.717, 1.165) is 22.8 Å². The van der Waals surface area contributed by atoms with Gasteiger partial charge in [-0.25, -0.2) is 4.39 Å². The third-order valence-corrected chi connectivity index (χ3v) is 2.85. The molecule has 130 valence electrons. The molecule has 1 aromatic carbocycles. The zero-order valence-electron chi connectivity index (χ0n) is 11.8. The van der Waals surface area contributed by atoms with Gasteiger partial charge in [0.2, 0.25) is 5.91 Å². The molecule has 0 spiro atoms. The summed E-state index contributed by atoms with van der Waals surface area (Å²) in [6.45, 7) is 1.41. The number of benzene rings is 1. The highest BCUT2D eigenvalue weighted by molar-refractivity contribution is 5.77. The van der Waals surface area contributed by atoms with Crippen molar-refractivity contribution in [2.45, 2.75) is 37.8 Å². The Hall–Kier alpha value is -2.00. The monoisotopic (exact) mass is 346 g/mol. The van der Waals surface area contributed by atoms with Gasteiger partial charge in [-0.3, -0.25) is 4.79 Å². The highest BCUT2D eigenvalue weighted by atomic mass is 19.4. The molecule has 1 rings (SSSR count). The van der Waals surface area contributed by atoms with E-state index < -0.39 is 41.8 Å². The molecule has 10 heteroatoms. The summed E-state index contributed by atoms with van der Waals surface area (Å²) in [5.74, 6) is -2.79. The fraction of sp³-hybridized carbons (Fsp3) is 0.462. The van der Waals surface area contributed by atoms with Crippen LogP contribution in [0.25, 0.3) is 0 Å². The lowest BCUT2D eigenvalue weighted by Gasteiger charge is -2.39. The molecule has 0 radical (unpaired) electrons. The second-order valence-electron chi connectivity index (χ2n) is 4.65. The number of halogens is 7. The van der Waals surface area contributed by atoms with E-state index in [1.165, 1.54) is 6.92 Å². The topological polar surface area (TPSA) is 41.1 Å². The van der Waals surface area contributed by atoms with E-state index in [0.29, 0.717) is 12.1 Å². The van der Waals surface area contributed by atoms with E-state index in [4.69, 9.17) is 0 Å². The summed E-state index contributed by atoms with van der Waals surface area (Å²) in [5.41, 5.74) is -5.84. The van der Waals surface area contributed by atoms with E-state index >= 15 is 0 Å². The van der Waals surface area contributed by atoms with Crippen LogP contribution in [0.15, 0.2) is 24.3 Å². The zero-order chi connectivity index (χ0) is 17.9. The van der Waals surface area contributed by atoms with Crippen molar-refractivity contribution >= 4 is 11.6 Å². The highest BCUT2D eigenvalue weighted by Gasteiger charge is 2.72. The molecule has 0 saturated heterocycles. The summed E-state index contributed by atoms with van der Waals surface area (Å²) >= 11 is 0. The average molecular weight is 346 g/mol. The summed E-state index contributed by atoms with van der Waals surface area (Å²) < 4.78 is 92.5. The second kappa shape index (κ2) is 6.63. The van der Waals surface area contributed by atoms with Crippen molar-refractivity contribution in [1.82, 2.24) is 5.32 Å². The lowest BCUT2D eigenvalue weighted by Crippen LogP contribution is -2.72. The molecule has 0 saturated carbocycles. The highest BCUT2D eigenvalue weighted by Crippen LogP contribution is 2.43. The SMILES string of the molecule is CCCC(=O)NC(Nc1ccccc1F)(C(F)(F)F)C(F)(F)F. The Labute approximate surface area is 126 Å². The van der Waals surface area contributed by atoms with Crippen LogP contribution in [-0.2, 0) is 4.79 Å². The fourth-order valence-electron chi connectivity index (χ4n) is 1.74. The standard InChI is InChI=1S/C13H13F7N2O/c1-2-5-10(23)22-11(12(15,16)17,13(18,19)20)21-9-7-4-3-6-8(9)14/h3-4,6-7,21H,2,5H2,1H3,(H,22,23). The maximum Gasteiger partial charge on any atom is 0.439 e. The molecule has 0 aliphatic heterocycles. The molecule has 23 heavy (non-hydrogen) atoms. The smallest absolute Gasteiger partial charge is 0.345 e. The summed E-state index contributed by atoms with van der Waals surface area (Å²) in [4.78, 5) is 11.4. The maximum absolute atomic E-state index is 13.5. The number of rotatable bonds is 5. The van der Waals surface area contributed by atoms with Gasteiger partial charge in [0.15, 0.2) is 0 Å². The zero-order valence-corrected chi connectivity index (χ0v) is 11.8. The minimum atomic E-state index is -5.96. The predicted octanol–water partition coefficient (Wildman–Crippen LogP) is 3.97. The van der Waals surface area contributed by atoms with E-state index in [-0.39, 0.29) is 6.42 Å². The van der Waals surface area contributed by atoms with E-state index in [2.05, 4.69) is 0 Å². The Bertz CT molecular complexity index is 540. The Morgan fingerprint density at radius 2 is 1.57 bits per heavy atom. The minimum absolute atomic E-state index is 0.0390. The molecule has 1 aromatic rings. The molecule has 0 heterocycles. The van der Waals surface area contributed by atoms with E-state index in [1.807, 2.05) is 0 Å². The molecule has 0 aliphatic carbocycles. The van der Waals surface area contributed by atoms with Gasteiger partial charge in [0.05, 0.1) is 5.69 Å². The summed E-state index contributed by atoms with van der Waals surface area (Å²) in [6.07, 6.45) is -12.4. The van der Waals surface area contributed by atoms with Crippen LogP contribution in [0.1, 0.15) is 19.8 Å². The first-order chi connectivity index (χ1) is 10.4. The van der Waals surface area contributed by atoms with Gasteiger partial charge in [0.1, 0.15) is 5.82 Å². The number of anilines is 1. The first-order valence-corrected chi connectivity index (χ1v) is 6.42. The van der Waals surface area contributed by atoms with Crippen LogP contribution in [0, 0.1) is 5.82 Å². The van der Waals surface area contributed by atoms with Gasteiger partial charge < -0.3 is 10.6 Å². The number of hydrogen-bond acceptors (Lipinski definition) is 2. The summed E-state index contributed by atoms with van der Waals surface area (Å²) in [5, 5.41) is 1.99. The first-order valence-electron chi connectivity index (χ1n) is 6.42. The van der Waals surface area contributed by atoms with Gasteiger partial charge in [-0.2, -0.15) is 26.3 Å². The van der Waals surface area contributed by atoms with Gasteiger partial charge in [-0.15, -0.1) is 0 Å². The van der Waals surface area contributed by atoms with Crippen molar-refractivity contribution in [1.29, 1.82) is 0 Å². The number of hydrogen-bond donors (Lipinski definition) is 2. The van der Waals surface area contributed by atoms with Crippen LogP contribution in [0.3, 0.4) is 0 Å². The van der Waals surface area contributed by atoms with Gasteiger partial charge >= 0.3 is 18.0 Å².